The Kier molecular flexibility index (Phi) is 6.31. The monoisotopic (exact) mass is 406 g/mol. The Morgan fingerprint density at radius 1 is 1.07 bits per heavy atom. The summed E-state index contributed by atoms with van der Waals surface area (Å²) >= 11 is 0. The van der Waals surface area contributed by atoms with Crippen LogP contribution in [0.4, 0.5) is 10.1 Å². The summed E-state index contributed by atoms with van der Waals surface area (Å²) in [7, 11) is -2.34. The molecule has 1 amide bonds. The molecule has 2 aromatic rings. The largest absolute Gasteiger partial charge is 0.496 e. The lowest BCUT2D eigenvalue weighted by Gasteiger charge is -2.20. The smallest absolute Gasteiger partial charge is 0.259 e. The highest BCUT2D eigenvalue weighted by molar-refractivity contribution is 7.89. The van der Waals surface area contributed by atoms with Crippen LogP contribution in [0.3, 0.4) is 0 Å². The number of hydrogen-bond acceptors (Lipinski definition) is 4. The highest BCUT2D eigenvalue weighted by atomic mass is 32.2. The molecule has 1 heterocycles. The number of hydrogen-bond donors (Lipinski definition) is 1. The molecule has 150 valence electrons. The molecular formula is C20H23FN2O4S. The van der Waals surface area contributed by atoms with Crippen LogP contribution in [0.1, 0.15) is 36.0 Å². The average molecular weight is 406 g/mol. The van der Waals surface area contributed by atoms with Crippen LogP contribution in [0.5, 0.6) is 5.75 Å². The molecule has 2 aromatic carbocycles. The molecule has 0 radical (unpaired) electrons. The van der Waals surface area contributed by atoms with Crippen LogP contribution in [-0.2, 0) is 10.0 Å². The molecule has 1 aliphatic rings. The van der Waals surface area contributed by atoms with Crippen molar-refractivity contribution in [2.75, 3.05) is 25.5 Å². The standard InChI is InChI=1S/C20H23FN2O4S/c1-27-19-11-10-15(28(25,26)23-12-6-2-3-7-13-23)14-16(19)20(24)22-18-9-5-4-8-17(18)21/h4-5,8-11,14H,2-3,6-7,12-13H2,1H3,(H,22,24). The lowest BCUT2D eigenvalue weighted by molar-refractivity contribution is 0.102. The summed E-state index contributed by atoms with van der Waals surface area (Å²) in [5, 5.41) is 2.47. The molecule has 1 fully saturated rings. The summed E-state index contributed by atoms with van der Waals surface area (Å²) in [6.45, 7) is 0.927. The molecule has 0 bridgehead atoms. The van der Waals surface area contributed by atoms with Gasteiger partial charge in [0.05, 0.1) is 23.3 Å². The zero-order valence-corrected chi connectivity index (χ0v) is 16.5. The maximum absolute atomic E-state index is 13.8. The Hall–Kier alpha value is -2.45. The molecule has 0 spiro atoms. The number of methoxy groups -OCH3 is 1. The van der Waals surface area contributed by atoms with Crippen LogP contribution in [0.15, 0.2) is 47.4 Å². The Bertz CT molecular complexity index is 954. The van der Waals surface area contributed by atoms with Gasteiger partial charge in [-0.2, -0.15) is 4.31 Å². The van der Waals surface area contributed by atoms with E-state index in [9.17, 15) is 17.6 Å². The van der Waals surface area contributed by atoms with Crippen LogP contribution in [0.25, 0.3) is 0 Å². The van der Waals surface area contributed by atoms with Crippen molar-refractivity contribution in [2.45, 2.75) is 30.6 Å². The molecule has 28 heavy (non-hydrogen) atoms. The zero-order valence-electron chi connectivity index (χ0n) is 15.7. The maximum Gasteiger partial charge on any atom is 0.259 e. The molecule has 0 aromatic heterocycles. The number of benzene rings is 2. The number of para-hydroxylation sites is 1. The van der Waals surface area contributed by atoms with Gasteiger partial charge in [-0.05, 0) is 43.2 Å². The van der Waals surface area contributed by atoms with Gasteiger partial charge in [-0.3, -0.25) is 4.79 Å². The summed E-state index contributed by atoms with van der Waals surface area (Å²) in [6.07, 6.45) is 3.64. The van der Waals surface area contributed by atoms with E-state index >= 15 is 0 Å². The minimum absolute atomic E-state index is 0.00957. The second-order valence-electron chi connectivity index (χ2n) is 6.61. The lowest BCUT2D eigenvalue weighted by atomic mass is 10.2. The van der Waals surface area contributed by atoms with E-state index in [1.807, 2.05) is 0 Å². The molecule has 0 aliphatic carbocycles. The molecule has 6 nitrogen and oxygen atoms in total. The third kappa shape index (κ3) is 4.34. The van der Waals surface area contributed by atoms with Crippen molar-refractivity contribution in [1.82, 2.24) is 4.31 Å². The van der Waals surface area contributed by atoms with Crippen molar-refractivity contribution in [1.29, 1.82) is 0 Å². The number of amides is 1. The van der Waals surface area contributed by atoms with E-state index in [-0.39, 0.29) is 21.9 Å². The molecule has 1 aliphatic heterocycles. The number of carbonyl (C=O) groups excluding carboxylic acids is 1. The molecule has 1 N–H and O–H groups in total. The molecule has 0 atom stereocenters. The van der Waals surface area contributed by atoms with Crippen LogP contribution >= 0.6 is 0 Å². The quantitative estimate of drug-likeness (QED) is 0.822. The van der Waals surface area contributed by atoms with E-state index < -0.39 is 21.7 Å². The van der Waals surface area contributed by atoms with Crippen molar-refractivity contribution < 1.29 is 22.3 Å². The van der Waals surface area contributed by atoms with Gasteiger partial charge in [0.2, 0.25) is 10.0 Å². The number of anilines is 1. The number of sulfonamides is 1. The van der Waals surface area contributed by atoms with Crippen molar-refractivity contribution in [3.05, 3.63) is 53.8 Å². The van der Waals surface area contributed by atoms with Gasteiger partial charge in [0.1, 0.15) is 11.6 Å². The maximum atomic E-state index is 13.8. The normalized spacial score (nSPS) is 15.6. The first-order valence-corrected chi connectivity index (χ1v) is 10.6. The van der Waals surface area contributed by atoms with Crippen LogP contribution in [-0.4, -0.2) is 38.8 Å². The van der Waals surface area contributed by atoms with E-state index in [0.717, 1.165) is 25.7 Å². The molecule has 1 saturated heterocycles. The fraction of sp³-hybridized carbons (Fsp3) is 0.350. The summed E-state index contributed by atoms with van der Waals surface area (Å²) in [5.41, 5.74) is 0.0389. The third-order valence-electron chi connectivity index (χ3n) is 4.74. The van der Waals surface area contributed by atoms with Gasteiger partial charge in [-0.25, -0.2) is 12.8 Å². The number of rotatable bonds is 5. The molecule has 0 unspecified atom stereocenters. The van der Waals surface area contributed by atoms with E-state index in [4.69, 9.17) is 4.74 Å². The molecule has 0 saturated carbocycles. The molecule has 3 rings (SSSR count). The SMILES string of the molecule is COc1ccc(S(=O)(=O)N2CCCCCC2)cc1C(=O)Nc1ccccc1F. The summed E-state index contributed by atoms with van der Waals surface area (Å²) < 4.78 is 46.6. The number of nitrogens with zero attached hydrogens (tertiary/aromatic N) is 1. The highest BCUT2D eigenvalue weighted by Crippen LogP contribution is 2.27. The summed E-state index contributed by atoms with van der Waals surface area (Å²) in [5.74, 6) is -1.01. The number of ether oxygens (including phenoxy) is 1. The Balaban J connectivity index is 1.93. The summed E-state index contributed by atoms with van der Waals surface area (Å²) in [4.78, 5) is 12.7. The van der Waals surface area contributed by atoms with Gasteiger partial charge >= 0.3 is 0 Å². The first kappa shape index (κ1) is 20.3. The van der Waals surface area contributed by atoms with Crippen molar-refractivity contribution in [2.24, 2.45) is 0 Å². The van der Waals surface area contributed by atoms with Gasteiger partial charge in [-0.1, -0.05) is 25.0 Å². The lowest BCUT2D eigenvalue weighted by Crippen LogP contribution is -2.32. The minimum Gasteiger partial charge on any atom is -0.496 e. The van der Waals surface area contributed by atoms with Crippen molar-refractivity contribution in [3.8, 4) is 5.75 Å². The fourth-order valence-electron chi connectivity index (χ4n) is 3.21. The van der Waals surface area contributed by atoms with Crippen LogP contribution in [0, 0.1) is 5.82 Å². The Labute approximate surface area is 164 Å². The Morgan fingerprint density at radius 3 is 2.39 bits per heavy atom. The van der Waals surface area contributed by atoms with Gasteiger partial charge < -0.3 is 10.1 Å². The predicted molar refractivity (Wildman–Crippen MR) is 105 cm³/mol. The van der Waals surface area contributed by atoms with Gasteiger partial charge in [-0.15, -0.1) is 0 Å². The third-order valence-corrected chi connectivity index (χ3v) is 6.64. The van der Waals surface area contributed by atoms with Crippen molar-refractivity contribution >= 4 is 21.6 Å². The fourth-order valence-corrected chi connectivity index (χ4v) is 4.75. The predicted octanol–water partition coefficient (Wildman–Crippen LogP) is 3.65. The zero-order chi connectivity index (χ0) is 20.1. The second kappa shape index (κ2) is 8.70. The van der Waals surface area contributed by atoms with E-state index in [1.54, 1.807) is 6.07 Å². The van der Waals surface area contributed by atoms with Crippen LogP contribution in [0.2, 0.25) is 0 Å². The average Bonchev–Trinajstić information content (AvgIpc) is 2.99. The van der Waals surface area contributed by atoms with Gasteiger partial charge in [0.15, 0.2) is 0 Å². The first-order valence-electron chi connectivity index (χ1n) is 9.17. The van der Waals surface area contributed by atoms with Gasteiger partial charge in [0, 0.05) is 13.1 Å². The number of carbonyl (C=O) groups is 1. The molecular weight excluding hydrogens is 383 g/mol. The minimum atomic E-state index is -3.72. The Morgan fingerprint density at radius 2 is 1.75 bits per heavy atom. The van der Waals surface area contributed by atoms with Crippen LogP contribution < -0.4 is 10.1 Å². The van der Waals surface area contributed by atoms with E-state index in [1.165, 1.54) is 47.8 Å². The van der Waals surface area contributed by atoms with E-state index in [2.05, 4.69) is 5.32 Å². The van der Waals surface area contributed by atoms with E-state index in [0.29, 0.717) is 13.1 Å². The topological polar surface area (TPSA) is 75.7 Å². The molecule has 8 heteroatoms. The summed E-state index contributed by atoms with van der Waals surface area (Å²) in [6, 6.07) is 9.93. The highest BCUT2D eigenvalue weighted by Gasteiger charge is 2.27. The number of halogens is 1. The van der Waals surface area contributed by atoms with Crippen molar-refractivity contribution in [3.63, 3.8) is 0 Å². The first-order chi connectivity index (χ1) is 13.4. The second-order valence-corrected chi connectivity index (χ2v) is 8.55. The van der Waals surface area contributed by atoms with Gasteiger partial charge in [0.25, 0.3) is 5.91 Å². The number of nitrogens with one attached hydrogen (secondary N) is 1.